The number of morpholine rings is 1. The molecule has 0 N–H and O–H groups in total. The zero-order valence-corrected chi connectivity index (χ0v) is 20.2. The summed E-state index contributed by atoms with van der Waals surface area (Å²) in [5, 5.41) is 4.14. The van der Waals surface area contributed by atoms with E-state index in [-0.39, 0.29) is 30.1 Å². The lowest BCUT2D eigenvalue weighted by Crippen LogP contribution is -2.40. The highest BCUT2D eigenvalue weighted by atomic mass is 19.4. The molecule has 1 unspecified atom stereocenters. The van der Waals surface area contributed by atoms with Crippen LogP contribution in [0.3, 0.4) is 0 Å². The summed E-state index contributed by atoms with van der Waals surface area (Å²) in [5.41, 5.74) is 0.0745. The molecule has 3 aliphatic rings. The van der Waals surface area contributed by atoms with Crippen LogP contribution in [0.15, 0.2) is 36.7 Å². The van der Waals surface area contributed by atoms with Gasteiger partial charge in [-0.05, 0) is 43.4 Å². The molecule has 3 fully saturated rings. The smallest absolute Gasteiger partial charge is 0.378 e. The fraction of sp³-hybridized carbons (Fsp3) is 0.560. The zero-order valence-electron chi connectivity index (χ0n) is 20.2. The van der Waals surface area contributed by atoms with Gasteiger partial charge in [-0.1, -0.05) is 18.2 Å². The molecule has 2 aliphatic heterocycles. The first-order valence-electron chi connectivity index (χ1n) is 12.3. The Morgan fingerprint density at radius 1 is 1.08 bits per heavy atom. The number of aromatic nitrogens is 2. The maximum Gasteiger partial charge on any atom is 0.416 e. The van der Waals surface area contributed by atoms with E-state index in [1.807, 2.05) is 11.9 Å². The number of carbonyl (C=O) groups excluding carboxylic acids is 2. The van der Waals surface area contributed by atoms with Crippen LogP contribution in [0.1, 0.15) is 34.3 Å². The first-order chi connectivity index (χ1) is 17.2. The topological polar surface area (TPSA) is 70.9 Å². The van der Waals surface area contributed by atoms with Gasteiger partial charge in [0.05, 0.1) is 30.5 Å². The van der Waals surface area contributed by atoms with Crippen molar-refractivity contribution in [2.24, 2.45) is 11.8 Å². The van der Waals surface area contributed by atoms with Gasteiger partial charge in [-0.25, -0.2) is 4.79 Å². The molecule has 1 aromatic carbocycles. The number of ether oxygens (including phenoxy) is 1. The number of benzene rings is 1. The fourth-order valence-corrected chi connectivity index (χ4v) is 5.75. The number of likely N-dealkylation sites (tertiary alicyclic amines) is 1. The maximum atomic E-state index is 13.4. The Kier molecular flexibility index (Phi) is 6.78. The third-order valence-corrected chi connectivity index (χ3v) is 7.69. The van der Waals surface area contributed by atoms with Gasteiger partial charge in [-0.15, -0.1) is 0 Å². The summed E-state index contributed by atoms with van der Waals surface area (Å²) < 4.78 is 46.6. The number of halogens is 3. The molecule has 11 heteroatoms. The molecule has 0 spiro atoms. The lowest BCUT2D eigenvalue weighted by Gasteiger charge is -2.27. The van der Waals surface area contributed by atoms with Crippen molar-refractivity contribution in [2.75, 3.05) is 46.4 Å². The highest BCUT2D eigenvalue weighted by Crippen LogP contribution is 2.41. The quantitative estimate of drug-likeness (QED) is 0.639. The van der Waals surface area contributed by atoms with Crippen molar-refractivity contribution in [3.8, 4) is 0 Å². The van der Waals surface area contributed by atoms with E-state index in [1.54, 1.807) is 15.9 Å². The van der Waals surface area contributed by atoms with Crippen molar-refractivity contribution in [3.05, 3.63) is 53.3 Å². The van der Waals surface area contributed by atoms with Crippen LogP contribution in [0.5, 0.6) is 0 Å². The van der Waals surface area contributed by atoms with Gasteiger partial charge in [-0.3, -0.25) is 9.69 Å². The Balaban J connectivity index is 1.16. The summed E-state index contributed by atoms with van der Waals surface area (Å²) in [5.74, 6) is 0.433. The van der Waals surface area contributed by atoms with Crippen molar-refractivity contribution in [1.82, 2.24) is 24.5 Å². The van der Waals surface area contributed by atoms with Crippen LogP contribution in [-0.4, -0.2) is 88.9 Å². The predicted molar refractivity (Wildman–Crippen MR) is 124 cm³/mol. The van der Waals surface area contributed by atoms with E-state index in [9.17, 15) is 22.8 Å². The molecule has 194 valence electrons. The van der Waals surface area contributed by atoms with Crippen molar-refractivity contribution >= 4 is 11.9 Å². The average Bonchev–Trinajstić information content (AvgIpc) is 3.59. The number of hydrogen-bond acceptors (Lipinski definition) is 5. The van der Waals surface area contributed by atoms with E-state index in [0.29, 0.717) is 56.8 Å². The Bertz CT molecular complexity index is 1100. The molecule has 2 aromatic rings. The second kappa shape index (κ2) is 9.85. The zero-order chi connectivity index (χ0) is 25.4. The van der Waals surface area contributed by atoms with Crippen LogP contribution in [0.25, 0.3) is 0 Å². The third kappa shape index (κ3) is 4.99. The summed E-state index contributed by atoms with van der Waals surface area (Å²) in [6, 6.07) is 5.64. The van der Waals surface area contributed by atoms with Crippen LogP contribution in [0.4, 0.5) is 18.0 Å². The van der Waals surface area contributed by atoms with Gasteiger partial charge < -0.3 is 14.5 Å². The maximum absolute atomic E-state index is 13.4. The summed E-state index contributed by atoms with van der Waals surface area (Å²) >= 11 is 0. The molecular formula is C25H30F3N5O3. The largest absolute Gasteiger partial charge is 0.416 e. The van der Waals surface area contributed by atoms with Gasteiger partial charge in [0.2, 0.25) is 0 Å². The fourth-order valence-electron chi connectivity index (χ4n) is 5.75. The lowest BCUT2D eigenvalue weighted by molar-refractivity contribution is -0.138. The van der Waals surface area contributed by atoms with Crippen LogP contribution in [0.2, 0.25) is 0 Å². The van der Waals surface area contributed by atoms with Crippen molar-refractivity contribution in [1.29, 1.82) is 0 Å². The number of amides is 2. The number of nitrogens with zero attached hydrogens (tertiary/aromatic N) is 5. The van der Waals surface area contributed by atoms with E-state index in [1.165, 1.54) is 29.2 Å². The summed E-state index contributed by atoms with van der Waals surface area (Å²) in [6.45, 7) is 3.44. The van der Waals surface area contributed by atoms with E-state index < -0.39 is 11.7 Å². The standard InChI is InChI=1S/C25H30F3N5O3/c1-30(13-17-4-2-3-5-22(17)25(26,27)28)21-10-18-14-32(15-19(18)11-21)24(35)33-16-20(12-29-33)23(34)31-6-8-36-9-7-31/h2-5,12,16,18-19,21H,6-11,13-15H2,1H3/t18-,19+,21?. The van der Waals surface area contributed by atoms with Gasteiger partial charge >= 0.3 is 12.2 Å². The molecule has 5 rings (SSSR count). The van der Waals surface area contributed by atoms with Crippen LogP contribution < -0.4 is 0 Å². The molecule has 2 amide bonds. The van der Waals surface area contributed by atoms with Crippen LogP contribution >= 0.6 is 0 Å². The molecule has 2 saturated heterocycles. The highest BCUT2D eigenvalue weighted by Gasteiger charge is 2.44. The number of carbonyl (C=O) groups is 2. The second-order valence-electron chi connectivity index (χ2n) is 9.98. The van der Waals surface area contributed by atoms with Crippen molar-refractivity contribution < 1.29 is 27.5 Å². The van der Waals surface area contributed by atoms with Gasteiger partial charge in [0, 0.05) is 45.0 Å². The SMILES string of the molecule is CN(Cc1ccccc1C(F)(F)F)C1C[C@@H]2CN(C(=O)n3cc(C(=O)N4CCOCC4)cn3)C[C@@H]2C1. The summed E-state index contributed by atoms with van der Waals surface area (Å²) in [6.07, 6.45) is 0.209. The Hall–Kier alpha value is -2.92. The van der Waals surface area contributed by atoms with Crippen LogP contribution in [-0.2, 0) is 17.5 Å². The van der Waals surface area contributed by atoms with Crippen molar-refractivity contribution in [3.63, 3.8) is 0 Å². The summed E-state index contributed by atoms with van der Waals surface area (Å²) in [4.78, 5) is 31.2. The monoisotopic (exact) mass is 505 g/mol. The molecule has 3 atom stereocenters. The Morgan fingerprint density at radius 2 is 1.75 bits per heavy atom. The predicted octanol–water partition coefficient (Wildman–Crippen LogP) is 3.18. The molecule has 3 heterocycles. The molecule has 1 aromatic heterocycles. The van der Waals surface area contributed by atoms with E-state index in [4.69, 9.17) is 4.74 Å². The van der Waals surface area contributed by atoms with E-state index in [2.05, 4.69) is 5.10 Å². The molecule has 0 radical (unpaired) electrons. The first-order valence-corrected chi connectivity index (χ1v) is 12.3. The van der Waals surface area contributed by atoms with E-state index in [0.717, 1.165) is 18.9 Å². The van der Waals surface area contributed by atoms with Crippen molar-refractivity contribution in [2.45, 2.75) is 31.6 Å². The Morgan fingerprint density at radius 3 is 2.42 bits per heavy atom. The lowest BCUT2D eigenvalue weighted by atomic mass is 10.0. The highest BCUT2D eigenvalue weighted by molar-refractivity contribution is 5.94. The molecule has 0 bridgehead atoms. The average molecular weight is 506 g/mol. The number of rotatable bonds is 4. The molecule has 36 heavy (non-hydrogen) atoms. The summed E-state index contributed by atoms with van der Waals surface area (Å²) in [7, 11) is 1.87. The molecule has 1 aliphatic carbocycles. The van der Waals surface area contributed by atoms with Gasteiger partial charge in [-0.2, -0.15) is 23.0 Å². The minimum Gasteiger partial charge on any atom is -0.378 e. The number of fused-ring (bicyclic) bond motifs is 1. The van der Waals surface area contributed by atoms with Gasteiger partial charge in [0.1, 0.15) is 0 Å². The number of alkyl halides is 3. The van der Waals surface area contributed by atoms with Crippen LogP contribution in [0, 0.1) is 11.8 Å². The Labute approximate surface area is 207 Å². The minimum atomic E-state index is -4.37. The third-order valence-electron chi connectivity index (χ3n) is 7.69. The molecule has 8 nitrogen and oxygen atoms in total. The normalized spacial score (nSPS) is 24.4. The molecular weight excluding hydrogens is 475 g/mol. The second-order valence-corrected chi connectivity index (χ2v) is 9.98. The van der Waals surface area contributed by atoms with Gasteiger partial charge in [0.15, 0.2) is 0 Å². The van der Waals surface area contributed by atoms with Gasteiger partial charge in [0.25, 0.3) is 5.91 Å². The first kappa shape index (κ1) is 24.8. The minimum absolute atomic E-state index is 0.159. The molecule has 1 saturated carbocycles. The van der Waals surface area contributed by atoms with E-state index >= 15 is 0 Å². The number of hydrogen-bond donors (Lipinski definition) is 0.